The Hall–Kier alpha value is -1.86. The zero-order valence-electron chi connectivity index (χ0n) is 14.7. The van der Waals surface area contributed by atoms with E-state index in [1.54, 1.807) is 11.8 Å². The average molecular weight is 372 g/mol. The van der Waals surface area contributed by atoms with Gasteiger partial charge in [0.2, 0.25) is 0 Å². The molecule has 2 aromatic carbocycles. The molecule has 6 heteroatoms. The average Bonchev–Trinajstić information content (AvgIpc) is 3.05. The first-order chi connectivity index (χ1) is 12.8. The number of hydrogen-bond acceptors (Lipinski definition) is 5. The number of carbonyl (C=O) groups is 1. The summed E-state index contributed by atoms with van der Waals surface area (Å²) < 4.78 is 11.2. The number of thioether (sulfide) groups is 1. The number of benzene rings is 2. The predicted molar refractivity (Wildman–Crippen MR) is 103 cm³/mol. The van der Waals surface area contributed by atoms with E-state index in [1.165, 1.54) is 0 Å². The molecule has 1 heterocycles. The van der Waals surface area contributed by atoms with Crippen molar-refractivity contribution in [2.24, 2.45) is 5.73 Å². The van der Waals surface area contributed by atoms with Crippen LogP contribution in [0.3, 0.4) is 0 Å². The summed E-state index contributed by atoms with van der Waals surface area (Å²) in [5, 5.41) is 2.87. The van der Waals surface area contributed by atoms with Gasteiger partial charge in [-0.15, -0.1) is 11.8 Å². The predicted octanol–water partition coefficient (Wildman–Crippen LogP) is 2.71. The summed E-state index contributed by atoms with van der Waals surface area (Å²) in [4.78, 5) is 12.8. The molecule has 3 N–H and O–H groups in total. The molecule has 1 aliphatic rings. The summed E-state index contributed by atoms with van der Waals surface area (Å²) in [5.74, 6) is 0.880. The number of rotatable bonds is 10. The third kappa shape index (κ3) is 5.08. The molecular formula is C20H24N2O3S. The van der Waals surface area contributed by atoms with Gasteiger partial charge in [0, 0.05) is 29.3 Å². The largest absolute Gasteiger partial charge is 0.376 e. The maximum atomic E-state index is 11.7. The normalized spacial score (nSPS) is 12.9. The van der Waals surface area contributed by atoms with Crippen molar-refractivity contribution in [2.75, 3.05) is 25.5 Å². The van der Waals surface area contributed by atoms with Crippen LogP contribution in [0.1, 0.15) is 27.0 Å². The van der Waals surface area contributed by atoms with Crippen molar-refractivity contribution < 1.29 is 14.3 Å². The summed E-state index contributed by atoms with van der Waals surface area (Å²) in [6.07, 6.45) is 0. The molecule has 0 saturated heterocycles. The molecule has 0 aliphatic carbocycles. The quantitative estimate of drug-likeness (QED) is 0.496. The van der Waals surface area contributed by atoms with Gasteiger partial charge in [0.15, 0.2) is 0 Å². The zero-order valence-corrected chi connectivity index (χ0v) is 15.5. The van der Waals surface area contributed by atoms with Gasteiger partial charge in [0.05, 0.1) is 26.4 Å². The Bertz CT molecular complexity index is 734. The molecule has 5 nitrogen and oxygen atoms in total. The fraction of sp³-hybridized carbons (Fsp3) is 0.350. The topological polar surface area (TPSA) is 73.6 Å². The van der Waals surface area contributed by atoms with Crippen molar-refractivity contribution in [1.29, 1.82) is 0 Å². The Labute approximate surface area is 158 Å². The van der Waals surface area contributed by atoms with Gasteiger partial charge in [0.25, 0.3) is 5.91 Å². The minimum absolute atomic E-state index is 0.0237. The Morgan fingerprint density at radius 2 is 1.69 bits per heavy atom. The third-order valence-corrected chi connectivity index (χ3v) is 5.18. The fourth-order valence-electron chi connectivity index (χ4n) is 2.77. The minimum Gasteiger partial charge on any atom is -0.376 e. The number of nitrogens with two attached hydrogens (primary N) is 1. The lowest BCUT2D eigenvalue weighted by Gasteiger charge is -2.08. The molecule has 0 fully saturated rings. The summed E-state index contributed by atoms with van der Waals surface area (Å²) in [6, 6.07) is 14.1. The van der Waals surface area contributed by atoms with E-state index in [2.05, 4.69) is 35.6 Å². The number of fused-ring (bicyclic) bond motifs is 1. The second-order valence-electron chi connectivity index (χ2n) is 6.02. The first kappa shape index (κ1) is 18.9. The van der Waals surface area contributed by atoms with E-state index in [-0.39, 0.29) is 5.91 Å². The van der Waals surface area contributed by atoms with Crippen molar-refractivity contribution in [3.63, 3.8) is 0 Å². The Balaban J connectivity index is 1.38. The van der Waals surface area contributed by atoms with Gasteiger partial charge < -0.3 is 20.5 Å². The molecular weight excluding hydrogens is 348 g/mol. The van der Waals surface area contributed by atoms with Gasteiger partial charge in [-0.1, -0.05) is 30.3 Å². The number of nitrogens with one attached hydrogen (secondary N) is 1. The van der Waals surface area contributed by atoms with Crippen molar-refractivity contribution in [3.8, 4) is 0 Å². The SMILES string of the molecule is NCCOCc1ccc(COCCSc2cccc3c2CNC3=O)cc1. The van der Waals surface area contributed by atoms with E-state index >= 15 is 0 Å². The van der Waals surface area contributed by atoms with Crippen LogP contribution in [0, 0.1) is 0 Å². The maximum Gasteiger partial charge on any atom is 0.251 e. The van der Waals surface area contributed by atoms with Crippen LogP contribution in [0.2, 0.25) is 0 Å². The number of ether oxygens (including phenoxy) is 2. The van der Waals surface area contributed by atoms with Crippen LogP contribution in [0.5, 0.6) is 0 Å². The van der Waals surface area contributed by atoms with Crippen LogP contribution in [-0.4, -0.2) is 31.4 Å². The Morgan fingerprint density at radius 3 is 2.38 bits per heavy atom. The van der Waals surface area contributed by atoms with Gasteiger partial charge in [-0.05, 0) is 28.8 Å². The van der Waals surface area contributed by atoms with Crippen LogP contribution in [0.25, 0.3) is 0 Å². The Kier molecular flexibility index (Phi) is 7.08. The Morgan fingerprint density at radius 1 is 1.00 bits per heavy atom. The van der Waals surface area contributed by atoms with E-state index in [4.69, 9.17) is 15.2 Å². The molecule has 3 rings (SSSR count). The number of hydrogen-bond donors (Lipinski definition) is 2. The summed E-state index contributed by atoms with van der Waals surface area (Å²) in [5.41, 5.74) is 9.59. The van der Waals surface area contributed by atoms with Crippen LogP contribution in [-0.2, 0) is 29.2 Å². The molecule has 1 aliphatic heterocycles. The second-order valence-corrected chi connectivity index (χ2v) is 7.16. The molecule has 0 aromatic heterocycles. The zero-order chi connectivity index (χ0) is 18.2. The van der Waals surface area contributed by atoms with Crippen LogP contribution in [0.15, 0.2) is 47.4 Å². The molecule has 1 amide bonds. The first-order valence-electron chi connectivity index (χ1n) is 8.74. The molecule has 138 valence electrons. The molecule has 2 aromatic rings. The molecule has 0 saturated carbocycles. The third-order valence-electron chi connectivity index (χ3n) is 4.11. The van der Waals surface area contributed by atoms with Crippen LogP contribution in [0.4, 0.5) is 0 Å². The highest BCUT2D eigenvalue weighted by molar-refractivity contribution is 7.99. The molecule has 0 atom stereocenters. The lowest BCUT2D eigenvalue weighted by atomic mass is 10.1. The molecule has 0 bridgehead atoms. The minimum atomic E-state index is 0.0237. The van der Waals surface area contributed by atoms with Crippen molar-refractivity contribution in [1.82, 2.24) is 5.32 Å². The lowest BCUT2D eigenvalue weighted by Crippen LogP contribution is -2.12. The van der Waals surface area contributed by atoms with E-state index in [1.807, 2.05) is 12.1 Å². The van der Waals surface area contributed by atoms with Crippen molar-refractivity contribution in [3.05, 3.63) is 64.7 Å². The van der Waals surface area contributed by atoms with E-state index in [9.17, 15) is 4.79 Å². The van der Waals surface area contributed by atoms with Crippen molar-refractivity contribution in [2.45, 2.75) is 24.7 Å². The van der Waals surface area contributed by atoms with E-state index < -0.39 is 0 Å². The number of carbonyl (C=O) groups excluding carboxylic acids is 1. The standard InChI is InChI=1S/C20H24N2O3S/c21-8-9-24-13-15-4-6-16(7-5-15)14-25-10-11-26-19-3-1-2-17-18(19)12-22-20(17)23/h1-7H,8-14,21H2,(H,22,23). The van der Waals surface area contributed by atoms with Gasteiger partial charge in [-0.2, -0.15) is 0 Å². The fourth-order valence-corrected chi connectivity index (χ4v) is 3.72. The van der Waals surface area contributed by atoms with E-state index in [0.717, 1.165) is 32.9 Å². The highest BCUT2D eigenvalue weighted by Gasteiger charge is 2.20. The first-order valence-corrected chi connectivity index (χ1v) is 9.73. The highest BCUT2D eigenvalue weighted by Crippen LogP contribution is 2.28. The smallest absolute Gasteiger partial charge is 0.251 e. The van der Waals surface area contributed by atoms with Gasteiger partial charge in [-0.25, -0.2) is 0 Å². The molecule has 0 radical (unpaired) electrons. The van der Waals surface area contributed by atoms with Gasteiger partial charge in [-0.3, -0.25) is 4.79 Å². The maximum absolute atomic E-state index is 11.7. The van der Waals surface area contributed by atoms with Gasteiger partial charge >= 0.3 is 0 Å². The summed E-state index contributed by atoms with van der Waals surface area (Å²) in [6.45, 7) is 3.60. The lowest BCUT2D eigenvalue weighted by molar-refractivity contribution is 0.0965. The van der Waals surface area contributed by atoms with Gasteiger partial charge in [0.1, 0.15) is 0 Å². The van der Waals surface area contributed by atoms with Crippen LogP contribution < -0.4 is 11.1 Å². The second kappa shape index (κ2) is 9.73. The van der Waals surface area contributed by atoms with Crippen LogP contribution >= 0.6 is 11.8 Å². The monoisotopic (exact) mass is 372 g/mol. The van der Waals surface area contributed by atoms with E-state index in [0.29, 0.717) is 39.5 Å². The highest BCUT2D eigenvalue weighted by atomic mass is 32.2. The summed E-state index contributed by atoms with van der Waals surface area (Å²) >= 11 is 1.73. The molecule has 26 heavy (non-hydrogen) atoms. The molecule has 0 unspecified atom stereocenters. The summed E-state index contributed by atoms with van der Waals surface area (Å²) in [7, 11) is 0. The van der Waals surface area contributed by atoms with Crippen molar-refractivity contribution >= 4 is 17.7 Å². The molecule has 0 spiro atoms. The number of amides is 1.